The first-order chi connectivity index (χ1) is 17.3. The number of nitrogens with zero attached hydrogens (tertiary/aromatic N) is 1. The van der Waals surface area contributed by atoms with Crippen molar-refractivity contribution in [3.63, 3.8) is 0 Å². The van der Waals surface area contributed by atoms with E-state index in [4.69, 9.17) is 8.83 Å². The number of benzene rings is 2. The first kappa shape index (κ1) is 23.5. The van der Waals surface area contributed by atoms with E-state index >= 15 is 0 Å². The number of aryl methyl sites for hydroxylation is 3. The molecule has 0 saturated carbocycles. The molecule has 0 bridgehead atoms. The van der Waals surface area contributed by atoms with Gasteiger partial charge in [-0.2, -0.15) is 5.10 Å². The van der Waals surface area contributed by atoms with Crippen LogP contribution in [0.25, 0.3) is 11.0 Å². The zero-order chi connectivity index (χ0) is 25.4. The Morgan fingerprint density at radius 1 is 1.08 bits per heavy atom. The third-order valence-corrected chi connectivity index (χ3v) is 6.39. The number of amides is 2. The van der Waals surface area contributed by atoms with E-state index in [2.05, 4.69) is 21.9 Å². The van der Waals surface area contributed by atoms with E-state index in [0.29, 0.717) is 35.6 Å². The number of hydrazone groups is 1. The number of anilines is 1. The first-order valence-electron chi connectivity index (χ1n) is 11.8. The maximum absolute atomic E-state index is 13.2. The second kappa shape index (κ2) is 9.45. The Hall–Kier alpha value is -4.20. The lowest BCUT2D eigenvalue weighted by molar-refractivity contribution is -0.120. The predicted octanol–water partition coefficient (Wildman–Crippen LogP) is 5.74. The van der Waals surface area contributed by atoms with Gasteiger partial charge in [-0.15, -0.1) is 0 Å². The Labute approximate surface area is 207 Å². The topological polar surface area (TPSA) is 96.8 Å². The van der Waals surface area contributed by atoms with Crippen LogP contribution < -0.4 is 10.7 Å². The number of fused-ring (bicyclic) bond motifs is 2. The molecule has 7 nitrogen and oxygen atoms in total. The van der Waals surface area contributed by atoms with E-state index in [1.807, 2.05) is 19.9 Å². The lowest BCUT2D eigenvalue weighted by atomic mass is 9.93. The lowest BCUT2D eigenvalue weighted by Gasteiger charge is -2.13. The van der Waals surface area contributed by atoms with Gasteiger partial charge in [-0.3, -0.25) is 9.59 Å². The van der Waals surface area contributed by atoms with Crippen molar-refractivity contribution in [2.24, 2.45) is 5.10 Å². The van der Waals surface area contributed by atoms with Gasteiger partial charge in [0.25, 0.3) is 5.91 Å². The van der Waals surface area contributed by atoms with Gasteiger partial charge in [0, 0.05) is 34.2 Å². The summed E-state index contributed by atoms with van der Waals surface area (Å²) in [4.78, 5) is 25.6. The van der Waals surface area contributed by atoms with Gasteiger partial charge >= 0.3 is 0 Å². The molecule has 2 aromatic heterocycles. The minimum Gasteiger partial charge on any atom is -0.464 e. The molecule has 0 radical (unpaired) electrons. The smallest absolute Gasteiger partial charge is 0.291 e. The summed E-state index contributed by atoms with van der Waals surface area (Å²) in [5.41, 5.74) is 8.96. The summed E-state index contributed by atoms with van der Waals surface area (Å²) in [6.07, 6.45) is 3.87. The van der Waals surface area contributed by atoms with Crippen molar-refractivity contribution < 1.29 is 22.8 Å². The number of furan rings is 2. The molecular weight excluding hydrogens is 461 g/mol. The third kappa shape index (κ3) is 4.54. The fourth-order valence-corrected chi connectivity index (χ4v) is 4.82. The van der Waals surface area contributed by atoms with Crippen molar-refractivity contribution in [3.8, 4) is 0 Å². The number of hydrogen-bond donors (Lipinski definition) is 2. The molecule has 0 fully saturated rings. The standard InChI is InChI=1S/C28H26FN3O4/c1-15-11-16(2)25-18(14-35-23(25)12-15)13-24(33)32-31-21-5-4-6-22-26(21)17(3)27(36-22)28(34)30-20-9-7-19(29)8-10-20/h7-12,14H,4-6,13H2,1-3H3,(H,30,34)(H,32,33)/b31-21+. The highest BCUT2D eigenvalue weighted by molar-refractivity contribution is 6.09. The molecule has 0 unspecified atom stereocenters. The molecule has 1 aliphatic carbocycles. The van der Waals surface area contributed by atoms with Crippen molar-refractivity contribution in [1.29, 1.82) is 0 Å². The van der Waals surface area contributed by atoms with Crippen LogP contribution in [0.2, 0.25) is 0 Å². The van der Waals surface area contributed by atoms with Crippen LogP contribution in [-0.2, 0) is 17.6 Å². The van der Waals surface area contributed by atoms with Gasteiger partial charge in [0.1, 0.15) is 17.2 Å². The fourth-order valence-electron chi connectivity index (χ4n) is 4.82. The molecule has 5 rings (SSSR count). The molecule has 2 heterocycles. The SMILES string of the molecule is Cc1cc(C)c2c(CC(=O)N/N=C3\CCCc4oc(C(=O)Nc5ccc(F)cc5)c(C)c43)coc2c1. The fraction of sp³-hybridized carbons (Fsp3) is 0.250. The zero-order valence-electron chi connectivity index (χ0n) is 20.3. The van der Waals surface area contributed by atoms with Gasteiger partial charge in [0.2, 0.25) is 5.91 Å². The minimum atomic E-state index is -0.422. The van der Waals surface area contributed by atoms with E-state index in [-0.39, 0.29) is 23.9 Å². The maximum atomic E-state index is 13.2. The van der Waals surface area contributed by atoms with Crippen molar-refractivity contribution in [2.75, 3.05) is 5.32 Å². The molecule has 0 atom stereocenters. The van der Waals surface area contributed by atoms with Gasteiger partial charge in [-0.1, -0.05) is 6.07 Å². The van der Waals surface area contributed by atoms with Crippen LogP contribution in [0.4, 0.5) is 10.1 Å². The Bertz CT molecular complexity index is 1510. The maximum Gasteiger partial charge on any atom is 0.291 e. The molecule has 2 aromatic carbocycles. The monoisotopic (exact) mass is 487 g/mol. The zero-order valence-corrected chi connectivity index (χ0v) is 20.3. The molecule has 36 heavy (non-hydrogen) atoms. The minimum absolute atomic E-state index is 0.135. The third-order valence-electron chi connectivity index (χ3n) is 6.39. The summed E-state index contributed by atoms with van der Waals surface area (Å²) in [7, 11) is 0. The lowest BCUT2D eigenvalue weighted by Crippen LogP contribution is -2.23. The molecule has 2 N–H and O–H groups in total. The predicted molar refractivity (Wildman–Crippen MR) is 135 cm³/mol. The van der Waals surface area contributed by atoms with Crippen LogP contribution in [0.15, 0.2) is 56.6 Å². The van der Waals surface area contributed by atoms with Gasteiger partial charge in [-0.25, -0.2) is 9.82 Å². The molecule has 8 heteroatoms. The van der Waals surface area contributed by atoms with Gasteiger partial charge in [0.15, 0.2) is 5.76 Å². The molecule has 4 aromatic rings. The molecule has 184 valence electrons. The molecule has 0 aliphatic heterocycles. The average molecular weight is 488 g/mol. The Kier molecular flexibility index (Phi) is 6.18. The van der Waals surface area contributed by atoms with E-state index < -0.39 is 5.91 Å². The number of carbonyl (C=O) groups is 2. The summed E-state index contributed by atoms with van der Waals surface area (Å²) in [5.74, 6) is -0.211. The van der Waals surface area contributed by atoms with E-state index in [9.17, 15) is 14.0 Å². The van der Waals surface area contributed by atoms with Crippen molar-refractivity contribution in [3.05, 3.63) is 87.8 Å². The number of rotatable bonds is 5. The summed E-state index contributed by atoms with van der Waals surface area (Å²) in [6.45, 7) is 5.81. The molecule has 2 amide bonds. The van der Waals surface area contributed by atoms with E-state index in [1.54, 1.807) is 13.2 Å². The van der Waals surface area contributed by atoms with Crippen LogP contribution in [0.3, 0.4) is 0 Å². The number of halogens is 1. The normalized spacial score (nSPS) is 14.2. The second-order valence-electron chi connectivity index (χ2n) is 9.16. The number of carbonyl (C=O) groups excluding carboxylic acids is 2. The van der Waals surface area contributed by atoms with E-state index in [0.717, 1.165) is 39.6 Å². The Morgan fingerprint density at radius 3 is 2.64 bits per heavy atom. The average Bonchev–Trinajstić information content (AvgIpc) is 3.40. The Balaban J connectivity index is 1.33. The van der Waals surface area contributed by atoms with Gasteiger partial charge in [-0.05, 0) is 75.1 Å². The van der Waals surface area contributed by atoms with Crippen LogP contribution in [0.5, 0.6) is 0 Å². The first-order valence-corrected chi connectivity index (χ1v) is 11.8. The largest absolute Gasteiger partial charge is 0.464 e. The molecule has 1 aliphatic rings. The second-order valence-corrected chi connectivity index (χ2v) is 9.16. The van der Waals surface area contributed by atoms with Crippen molar-refractivity contribution in [1.82, 2.24) is 5.43 Å². The molecule has 0 saturated heterocycles. The summed E-state index contributed by atoms with van der Waals surface area (Å²) in [6, 6.07) is 9.54. The molecule has 0 spiro atoms. The van der Waals surface area contributed by atoms with Crippen LogP contribution in [0.1, 0.15) is 57.0 Å². The quantitative estimate of drug-likeness (QED) is 0.351. The number of hydrogen-bond acceptors (Lipinski definition) is 5. The highest BCUT2D eigenvalue weighted by Gasteiger charge is 2.28. The van der Waals surface area contributed by atoms with Gasteiger partial charge < -0.3 is 14.2 Å². The van der Waals surface area contributed by atoms with Crippen molar-refractivity contribution >= 4 is 34.2 Å². The van der Waals surface area contributed by atoms with Crippen LogP contribution in [0, 0.1) is 26.6 Å². The Morgan fingerprint density at radius 2 is 1.86 bits per heavy atom. The van der Waals surface area contributed by atoms with E-state index in [1.165, 1.54) is 24.3 Å². The summed E-state index contributed by atoms with van der Waals surface area (Å²) >= 11 is 0. The van der Waals surface area contributed by atoms with Crippen LogP contribution >= 0.6 is 0 Å². The van der Waals surface area contributed by atoms with Gasteiger partial charge in [0.05, 0.1) is 18.4 Å². The highest BCUT2D eigenvalue weighted by atomic mass is 19.1. The molecular formula is C28H26FN3O4. The summed E-state index contributed by atoms with van der Waals surface area (Å²) in [5, 5.41) is 8.08. The summed E-state index contributed by atoms with van der Waals surface area (Å²) < 4.78 is 24.7. The number of nitrogens with one attached hydrogen (secondary N) is 2. The van der Waals surface area contributed by atoms with Crippen molar-refractivity contribution in [2.45, 2.75) is 46.5 Å². The highest BCUT2D eigenvalue weighted by Crippen LogP contribution is 2.31. The van der Waals surface area contributed by atoms with Crippen LogP contribution in [-0.4, -0.2) is 17.5 Å².